The van der Waals surface area contributed by atoms with E-state index in [4.69, 9.17) is 9.47 Å². The summed E-state index contributed by atoms with van der Waals surface area (Å²) in [5, 5.41) is 9.79. The number of rotatable bonds is 6. The van der Waals surface area contributed by atoms with E-state index in [2.05, 4.69) is 12.1 Å². The Morgan fingerprint density at radius 2 is 2.00 bits per heavy atom. The number of nitrogens with one attached hydrogen (secondary N) is 1. The summed E-state index contributed by atoms with van der Waals surface area (Å²) < 4.78 is 10.9. The van der Waals surface area contributed by atoms with Crippen LogP contribution in [0.5, 0.6) is 11.5 Å². The van der Waals surface area contributed by atoms with E-state index >= 15 is 0 Å². The van der Waals surface area contributed by atoms with Crippen LogP contribution < -0.4 is 14.4 Å². The summed E-state index contributed by atoms with van der Waals surface area (Å²) in [5.41, 5.74) is 0.501. The van der Waals surface area contributed by atoms with Gasteiger partial charge in [0.2, 0.25) is 0 Å². The smallest absolute Gasteiger partial charge is 0.278 e. The van der Waals surface area contributed by atoms with E-state index in [0.717, 1.165) is 68.6 Å². The second kappa shape index (κ2) is 8.83. The summed E-state index contributed by atoms with van der Waals surface area (Å²) in [7, 11) is 5.13. The predicted molar refractivity (Wildman–Crippen MR) is 106 cm³/mol. The van der Waals surface area contributed by atoms with Crippen molar-refractivity contribution in [3.8, 4) is 17.6 Å². The third-order valence-corrected chi connectivity index (χ3v) is 6.58. The van der Waals surface area contributed by atoms with Crippen molar-refractivity contribution in [3.05, 3.63) is 23.8 Å². The first kappa shape index (κ1) is 20.5. The first-order valence-corrected chi connectivity index (χ1v) is 10.3. The Morgan fingerprint density at radius 3 is 2.64 bits per heavy atom. The van der Waals surface area contributed by atoms with Gasteiger partial charge in [-0.2, -0.15) is 5.26 Å². The summed E-state index contributed by atoms with van der Waals surface area (Å²) >= 11 is 0. The molecule has 2 aliphatic rings. The number of nitrogens with zero attached hydrogens (tertiary/aromatic N) is 2. The number of nitriles is 1. The van der Waals surface area contributed by atoms with Gasteiger partial charge < -0.3 is 19.3 Å². The number of amides is 1. The van der Waals surface area contributed by atoms with Crippen molar-refractivity contribution < 1.29 is 19.2 Å². The Bertz CT molecular complexity index is 737. The number of likely N-dealkylation sites (tertiary alicyclic amines) is 1. The third kappa shape index (κ3) is 3.95. The first-order valence-electron chi connectivity index (χ1n) is 10.3. The second-order valence-electron chi connectivity index (χ2n) is 8.04. The maximum Gasteiger partial charge on any atom is 0.278 e. The Labute approximate surface area is 168 Å². The van der Waals surface area contributed by atoms with Crippen molar-refractivity contribution in [2.45, 2.75) is 56.5 Å². The summed E-state index contributed by atoms with van der Waals surface area (Å²) in [6, 6.07) is 8.60. The molecular weight excluding hydrogens is 354 g/mol. The number of carbonyl (C=O) groups excluding carboxylic acids is 1. The van der Waals surface area contributed by atoms with E-state index in [-0.39, 0.29) is 11.9 Å². The molecule has 1 saturated heterocycles. The van der Waals surface area contributed by atoms with Crippen LogP contribution in [0.15, 0.2) is 18.2 Å². The van der Waals surface area contributed by atoms with E-state index in [0.29, 0.717) is 6.54 Å². The Balaban J connectivity index is 1.75. The van der Waals surface area contributed by atoms with Gasteiger partial charge in [0.05, 0.1) is 32.4 Å². The normalized spacial score (nSPS) is 23.6. The molecule has 1 saturated carbocycles. The van der Waals surface area contributed by atoms with E-state index in [1.807, 2.05) is 19.2 Å². The van der Waals surface area contributed by atoms with E-state index in [9.17, 15) is 10.1 Å². The highest BCUT2D eigenvalue weighted by atomic mass is 16.5. The monoisotopic (exact) mass is 386 g/mol. The number of methoxy groups -OCH3 is 2. The summed E-state index contributed by atoms with van der Waals surface area (Å²) in [6.45, 7) is 1.37. The van der Waals surface area contributed by atoms with Crippen molar-refractivity contribution in [1.29, 1.82) is 5.26 Å². The van der Waals surface area contributed by atoms with Crippen LogP contribution >= 0.6 is 0 Å². The zero-order valence-corrected chi connectivity index (χ0v) is 17.3. The molecule has 0 spiro atoms. The molecular formula is C22H32N3O3+. The van der Waals surface area contributed by atoms with Crippen LogP contribution in [0.25, 0.3) is 0 Å². The average molecular weight is 387 g/mol. The number of quaternary nitrogens is 1. The lowest BCUT2D eigenvalue weighted by atomic mass is 9.81. The van der Waals surface area contributed by atoms with Crippen LogP contribution in [-0.4, -0.2) is 50.7 Å². The number of benzene rings is 1. The van der Waals surface area contributed by atoms with Crippen LogP contribution in [0.4, 0.5) is 0 Å². The van der Waals surface area contributed by atoms with Crippen LogP contribution in [0, 0.1) is 11.3 Å². The van der Waals surface area contributed by atoms with Gasteiger partial charge in [0, 0.05) is 26.0 Å². The molecule has 2 atom stereocenters. The maximum absolute atomic E-state index is 13.1. The lowest BCUT2D eigenvalue weighted by Crippen LogP contribution is -3.11. The van der Waals surface area contributed by atoms with Gasteiger partial charge >= 0.3 is 0 Å². The van der Waals surface area contributed by atoms with Crippen LogP contribution in [0.3, 0.4) is 0 Å². The molecule has 1 aromatic rings. The lowest BCUT2D eigenvalue weighted by molar-refractivity contribution is -0.910. The molecule has 2 fully saturated rings. The molecule has 1 aliphatic carbocycles. The third-order valence-electron chi connectivity index (χ3n) is 6.58. The quantitative estimate of drug-likeness (QED) is 0.813. The fourth-order valence-electron chi connectivity index (χ4n) is 4.82. The van der Waals surface area contributed by atoms with Crippen molar-refractivity contribution in [2.24, 2.45) is 0 Å². The summed E-state index contributed by atoms with van der Waals surface area (Å²) in [4.78, 5) is 16.1. The molecule has 152 valence electrons. The zero-order valence-electron chi connectivity index (χ0n) is 17.3. The molecule has 6 heteroatoms. The van der Waals surface area contributed by atoms with Crippen molar-refractivity contribution >= 4 is 5.91 Å². The highest BCUT2D eigenvalue weighted by molar-refractivity contribution is 5.78. The summed E-state index contributed by atoms with van der Waals surface area (Å²) in [6.07, 6.45) is 6.88. The van der Waals surface area contributed by atoms with Gasteiger partial charge in [0.15, 0.2) is 6.54 Å². The molecule has 28 heavy (non-hydrogen) atoms. The molecule has 6 nitrogen and oxygen atoms in total. The molecule has 3 rings (SSSR count). The fraction of sp³-hybridized carbons (Fsp3) is 0.636. The van der Waals surface area contributed by atoms with Crippen molar-refractivity contribution in [2.75, 3.05) is 34.4 Å². The van der Waals surface area contributed by atoms with Gasteiger partial charge in [-0.25, -0.2) is 0 Å². The highest BCUT2D eigenvalue weighted by Gasteiger charge is 2.41. The Kier molecular flexibility index (Phi) is 6.46. The second-order valence-corrected chi connectivity index (χ2v) is 8.04. The minimum atomic E-state index is -0.623. The van der Waals surface area contributed by atoms with Gasteiger partial charge in [0.1, 0.15) is 23.1 Å². The number of ether oxygens (including phenoxy) is 2. The van der Waals surface area contributed by atoms with Gasteiger partial charge in [0.25, 0.3) is 5.91 Å². The maximum atomic E-state index is 13.1. The van der Waals surface area contributed by atoms with E-state index in [1.165, 1.54) is 4.90 Å². The largest absolute Gasteiger partial charge is 0.497 e. The molecule has 1 unspecified atom stereocenters. The molecule has 0 aromatic heterocycles. The lowest BCUT2D eigenvalue weighted by Gasteiger charge is -2.39. The predicted octanol–water partition coefficient (Wildman–Crippen LogP) is 2.11. The Hall–Kier alpha value is -2.26. The number of carbonyl (C=O) groups is 1. The van der Waals surface area contributed by atoms with Crippen LogP contribution in [0.2, 0.25) is 0 Å². The molecule has 0 bridgehead atoms. The molecule has 1 N–H and O–H groups in total. The first-order chi connectivity index (χ1) is 13.5. The van der Waals surface area contributed by atoms with Crippen molar-refractivity contribution in [3.63, 3.8) is 0 Å². The highest BCUT2D eigenvalue weighted by Crippen LogP contribution is 2.33. The minimum Gasteiger partial charge on any atom is -0.497 e. The van der Waals surface area contributed by atoms with E-state index in [1.54, 1.807) is 19.1 Å². The van der Waals surface area contributed by atoms with Crippen LogP contribution in [0.1, 0.15) is 56.6 Å². The minimum absolute atomic E-state index is 0.0674. The molecule has 0 radical (unpaired) electrons. The summed E-state index contributed by atoms with van der Waals surface area (Å²) in [5.74, 6) is 1.65. The molecule has 1 aromatic carbocycles. The average Bonchev–Trinajstić information content (AvgIpc) is 3.20. The number of hydrogen-bond donors (Lipinski definition) is 1. The fourth-order valence-corrected chi connectivity index (χ4v) is 4.82. The van der Waals surface area contributed by atoms with Gasteiger partial charge in [-0.1, -0.05) is 19.3 Å². The number of likely N-dealkylation sites (N-methyl/N-ethyl adjacent to an activating group) is 1. The van der Waals surface area contributed by atoms with Gasteiger partial charge in [-0.05, 0) is 25.0 Å². The van der Waals surface area contributed by atoms with Gasteiger partial charge in [-0.3, -0.25) is 4.79 Å². The molecule has 1 aliphatic heterocycles. The standard InChI is InChI=1S/C22H31N3O3/c1-24(22(16-23)11-5-4-6-12-22)21(26)15-25-13-7-8-19(25)18-10-9-17(27-2)14-20(18)28-3/h9-10,14,19H,4-8,11-13,15H2,1-3H3/p+1/t19-/m1/s1. The van der Waals surface area contributed by atoms with Crippen molar-refractivity contribution in [1.82, 2.24) is 4.90 Å². The topological polar surface area (TPSA) is 67.0 Å². The Morgan fingerprint density at radius 1 is 1.25 bits per heavy atom. The van der Waals surface area contributed by atoms with E-state index < -0.39 is 5.54 Å². The number of hydrogen-bond acceptors (Lipinski definition) is 4. The SMILES string of the molecule is COc1ccc([C@H]2CCC[NH+]2CC(=O)N(C)C2(C#N)CCCCC2)c(OC)c1. The molecule has 1 heterocycles. The zero-order chi connectivity index (χ0) is 20.1. The molecule has 1 amide bonds. The van der Waals surface area contributed by atoms with Gasteiger partial charge in [-0.15, -0.1) is 0 Å². The van der Waals surface area contributed by atoms with Crippen LogP contribution in [-0.2, 0) is 4.79 Å².